The minimum Gasteiger partial charge on any atom is -0.431 e. The number of rotatable bonds is 7. The number of nitrogens with zero attached hydrogens (tertiary/aromatic N) is 1. The fourth-order valence-electron chi connectivity index (χ4n) is 1.89. The topological polar surface area (TPSA) is 38.1 Å². The predicted octanol–water partition coefficient (Wildman–Crippen LogP) is 3.45. The number of oxazole rings is 1. The number of thioether (sulfide) groups is 1. The summed E-state index contributed by atoms with van der Waals surface area (Å²) in [5.41, 5.74) is 1.84. The summed E-state index contributed by atoms with van der Waals surface area (Å²) in [4.78, 5) is 4.45. The van der Waals surface area contributed by atoms with E-state index in [-0.39, 0.29) is 0 Å². The van der Waals surface area contributed by atoms with Gasteiger partial charge in [-0.1, -0.05) is 23.9 Å². The molecule has 3 rings (SSSR count). The zero-order valence-electron chi connectivity index (χ0n) is 10.4. The van der Waals surface area contributed by atoms with E-state index in [2.05, 4.69) is 10.3 Å². The van der Waals surface area contributed by atoms with Gasteiger partial charge in [-0.15, -0.1) is 0 Å². The van der Waals surface area contributed by atoms with E-state index in [1.807, 2.05) is 24.3 Å². The van der Waals surface area contributed by atoms with Crippen molar-refractivity contribution in [3.8, 4) is 0 Å². The standard InChI is InChI=1S/C14H18N2OS/c1-2-6-13-12(5-1)16-14(17-13)18-10-4-3-9-15-11-7-8-11/h1-2,5-6,11,15H,3-4,7-10H2. The summed E-state index contributed by atoms with van der Waals surface area (Å²) in [5, 5.41) is 4.33. The normalized spacial score (nSPS) is 15.3. The second-order valence-electron chi connectivity index (χ2n) is 4.73. The second kappa shape index (κ2) is 5.76. The van der Waals surface area contributed by atoms with Crippen molar-refractivity contribution in [3.63, 3.8) is 0 Å². The summed E-state index contributed by atoms with van der Waals surface area (Å²) in [5.74, 6) is 1.08. The Morgan fingerprint density at radius 3 is 3.00 bits per heavy atom. The van der Waals surface area contributed by atoms with E-state index < -0.39 is 0 Å². The molecule has 1 heterocycles. The Balaban J connectivity index is 1.39. The van der Waals surface area contributed by atoms with Crippen LogP contribution >= 0.6 is 11.8 Å². The van der Waals surface area contributed by atoms with Crippen molar-refractivity contribution in [1.82, 2.24) is 10.3 Å². The smallest absolute Gasteiger partial charge is 0.256 e. The molecular formula is C14H18N2OS. The molecule has 0 atom stereocenters. The van der Waals surface area contributed by atoms with Gasteiger partial charge in [0.1, 0.15) is 5.52 Å². The van der Waals surface area contributed by atoms with Gasteiger partial charge in [0.2, 0.25) is 0 Å². The summed E-state index contributed by atoms with van der Waals surface area (Å²) < 4.78 is 5.66. The van der Waals surface area contributed by atoms with Gasteiger partial charge < -0.3 is 9.73 Å². The lowest BCUT2D eigenvalue weighted by Crippen LogP contribution is -2.17. The van der Waals surface area contributed by atoms with Gasteiger partial charge in [0.15, 0.2) is 5.58 Å². The van der Waals surface area contributed by atoms with Gasteiger partial charge in [0, 0.05) is 11.8 Å². The highest BCUT2D eigenvalue weighted by molar-refractivity contribution is 7.99. The van der Waals surface area contributed by atoms with Gasteiger partial charge in [-0.05, 0) is 44.4 Å². The average Bonchev–Trinajstić information content (AvgIpc) is 3.11. The molecule has 0 bridgehead atoms. The lowest BCUT2D eigenvalue weighted by molar-refractivity contribution is 0.489. The maximum atomic E-state index is 5.66. The third-order valence-electron chi connectivity index (χ3n) is 3.08. The first-order valence-corrected chi connectivity index (χ1v) is 7.62. The second-order valence-corrected chi connectivity index (χ2v) is 5.78. The first-order valence-electron chi connectivity index (χ1n) is 6.63. The summed E-state index contributed by atoms with van der Waals surface area (Å²) in [6.45, 7) is 1.15. The Kier molecular flexibility index (Phi) is 3.86. The quantitative estimate of drug-likeness (QED) is 0.612. The molecule has 1 aromatic heterocycles. The van der Waals surface area contributed by atoms with Crippen molar-refractivity contribution in [2.45, 2.75) is 36.9 Å². The van der Waals surface area contributed by atoms with Gasteiger partial charge in [0.05, 0.1) is 0 Å². The third-order valence-corrected chi connectivity index (χ3v) is 4.00. The van der Waals surface area contributed by atoms with Gasteiger partial charge >= 0.3 is 0 Å². The summed E-state index contributed by atoms with van der Waals surface area (Å²) in [6, 6.07) is 8.75. The predicted molar refractivity (Wildman–Crippen MR) is 75.0 cm³/mol. The number of fused-ring (bicyclic) bond motifs is 1. The van der Waals surface area contributed by atoms with Crippen LogP contribution in [0.15, 0.2) is 33.9 Å². The lowest BCUT2D eigenvalue weighted by Gasteiger charge is -2.01. The molecule has 4 heteroatoms. The van der Waals surface area contributed by atoms with Crippen molar-refractivity contribution in [2.24, 2.45) is 0 Å². The average molecular weight is 262 g/mol. The highest BCUT2D eigenvalue weighted by Crippen LogP contribution is 2.24. The summed E-state index contributed by atoms with van der Waals surface area (Å²) in [7, 11) is 0. The molecule has 3 nitrogen and oxygen atoms in total. The molecule has 18 heavy (non-hydrogen) atoms. The third kappa shape index (κ3) is 3.27. The largest absolute Gasteiger partial charge is 0.431 e. The number of para-hydroxylation sites is 2. The molecule has 0 amide bonds. The Morgan fingerprint density at radius 2 is 2.17 bits per heavy atom. The molecule has 1 aromatic carbocycles. The van der Waals surface area contributed by atoms with Crippen molar-refractivity contribution in [3.05, 3.63) is 24.3 Å². The molecule has 1 N–H and O–H groups in total. The number of hydrogen-bond acceptors (Lipinski definition) is 4. The minimum atomic E-state index is 0.798. The minimum absolute atomic E-state index is 0.798. The van der Waals surface area contributed by atoms with Crippen LogP contribution in [0, 0.1) is 0 Å². The van der Waals surface area contributed by atoms with Crippen LogP contribution < -0.4 is 5.32 Å². The zero-order valence-corrected chi connectivity index (χ0v) is 11.2. The zero-order chi connectivity index (χ0) is 12.2. The molecule has 96 valence electrons. The van der Waals surface area contributed by atoms with Gasteiger partial charge in [-0.25, -0.2) is 4.98 Å². The first kappa shape index (κ1) is 12.1. The molecule has 1 aliphatic carbocycles. The highest BCUT2D eigenvalue weighted by atomic mass is 32.2. The van der Waals surface area contributed by atoms with Crippen LogP contribution in [0.2, 0.25) is 0 Å². The number of aromatic nitrogens is 1. The van der Waals surface area contributed by atoms with Crippen LogP contribution in [0.1, 0.15) is 25.7 Å². The molecule has 0 saturated heterocycles. The van der Waals surface area contributed by atoms with Crippen LogP contribution in [-0.2, 0) is 0 Å². The van der Waals surface area contributed by atoms with Crippen LogP contribution in [-0.4, -0.2) is 23.3 Å². The maximum absolute atomic E-state index is 5.66. The first-order chi connectivity index (χ1) is 8.92. The van der Waals surface area contributed by atoms with Crippen LogP contribution in [0.4, 0.5) is 0 Å². The van der Waals surface area contributed by atoms with Crippen LogP contribution in [0.5, 0.6) is 0 Å². The van der Waals surface area contributed by atoms with E-state index in [1.165, 1.54) is 25.7 Å². The fraction of sp³-hybridized carbons (Fsp3) is 0.500. The van der Waals surface area contributed by atoms with Crippen LogP contribution in [0.3, 0.4) is 0 Å². The molecule has 1 saturated carbocycles. The summed E-state index contributed by atoms with van der Waals surface area (Å²) in [6.07, 6.45) is 5.20. The molecular weight excluding hydrogens is 244 g/mol. The van der Waals surface area contributed by atoms with Crippen molar-refractivity contribution >= 4 is 22.9 Å². The van der Waals surface area contributed by atoms with E-state index in [9.17, 15) is 0 Å². The molecule has 2 aromatic rings. The Morgan fingerprint density at radius 1 is 1.28 bits per heavy atom. The molecule has 1 aliphatic rings. The lowest BCUT2D eigenvalue weighted by atomic mass is 10.3. The van der Waals surface area contributed by atoms with Gasteiger partial charge in [-0.3, -0.25) is 0 Å². The molecule has 0 aliphatic heterocycles. The Labute approximate surface area is 111 Å². The van der Waals surface area contributed by atoms with Gasteiger partial charge in [-0.2, -0.15) is 0 Å². The SMILES string of the molecule is c1ccc2oc(SCCCCNC3CC3)nc2c1. The van der Waals surface area contributed by atoms with Crippen molar-refractivity contribution in [2.75, 3.05) is 12.3 Å². The van der Waals surface area contributed by atoms with E-state index in [4.69, 9.17) is 4.42 Å². The number of nitrogens with one attached hydrogen (secondary N) is 1. The Hall–Kier alpha value is -1.00. The number of benzene rings is 1. The highest BCUT2D eigenvalue weighted by Gasteiger charge is 2.19. The van der Waals surface area contributed by atoms with E-state index in [0.29, 0.717) is 0 Å². The fourth-order valence-corrected chi connectivity index (χ4v) is 2.73. The molecule has 0 spiro atoms. The monoisotopic (exact) mass is 262 g/mol. The Bertz CT molecular complexity index is 474. The number of unbranched alkanes of at least 4 members (excludes halogenated alkanes) is 1. The van der Waals surface area contributed by atoms with E-state index in [0.717, 1.165) is 34.7 Å². The van der Waals surface area contributed by atoms with E-state index in [1.54, 1.807) is 11.8 Å². The number of hydrogen-bond donors (Lipinski definition) is 1. The summed E-state index contributed by atoms with van der Waals surface area (Å²) >= 11 is 1.72. The van der Waals surface area contributed by atoms with Gasteiger partial charge in [0.25, 0.3) is 5.22 Å². The molecule has 0 radical (unpaired) electrons. The van der Waals surface area contributed by atoms with Crippen molar-refractivity contribution in [1.29, 1.82) is 0 Å². The molecule has 0 unspecified atom stereocenters. The van der Waals surface area contributed by atoms with Crippen LogP contribution in [0.25, 0.3) is 11.1 Å². The van der Waals surface area contributed by atoms with Crippen molar-refractivity contribution < 1.29 is 4.42 Å². The maximum Gasteiger partial charge on any atom is 0.256 e. The van der Waals surface area contributed by atoms with E-state index >= 15 is 0 Å². The molecule has 1 fully saturated rings.